The maximum atomic E-state index is 12.6. The molecular formula is C15H11N3O4S. The molecule has 0 amide bonds. The fraction of sp³-hybridized carbons (Fsp3) is 0. The first kappa shape index (κ1) is 14.9. The maximum absolute atomic E-state index is 12.6. The number of nitro benzene ring substituents is 1. The Balaban J connectivity index is 1.99. The summed E-state index contributed by atoms with van der Waals surface area (Å²) in [5.41, 5.74) is 0.144. The lowest BCUT2D eigenvalue weighted by atomic mass is 10.2. The lowest BCUT2D eigenvalue weighted by Gasteiger charge is -2.10. The largest absolute Gasteiger partial charge is 0.280 e. The Morgan fingerprint density at radius 3 is 2.48 bits per heavy atom. The molecule has 3 aromatic rings. The van der Waals surface area contributed by atoms with Crippen LogP contribution in [0.1, 0.15) is 0 Å². The summed E-state index contributed by atoms with van der Waals surface area (Å²) in [7, 11) is -3.82. The third kappa shape index (κ3) is 2.97. The fourth-order valence-corrected chi connectivity index (χ4v) is 3.48. The van der Waals surface area contributed by atoms with E-state index in [2.05, 4.69) is 9.71 Å². The van der Waals surface area contributed by atoms with Crippen LogP contribution in [0, 0.1) is 10.1 Å². The second kappa shape index (κ2) is 5.65. The topological polar surface area (TPSA) is 102 Å². The summed E-state index contributed by atoms with van der Waals surface area (Å²) in [6, 6.07) is 11.7. The molecule has 0 unspecified atom stereocenters. The smallest absolute Gasteiger partial charge is 0.269 e. The van der Waals surface area contributed by atoms with E-state index in [0.717, 1.165) is 0 Å². The monoisotopic (exact) mass is 329 g/mol. The highest BCUT2D eigenvalue weighted by Crippen LogP contribution is 2.25. The molecule has 2 aromatic carbocycles. The van der Waals surface area contributed by atoms with Gasteiger partial charge in [0, 0.05) is 41.0 Å². The van der Waals surface area contributed by atoms with E-state index in [0.29, 0.717) is 10.8 Å². The number of sulfonamides is 1. The molecule has 3 rings (SSSR count). The number of nitrogens with zero attached hydrogens (tertiary/aromatic N) is 2. The van der Waals surface area contributed by atoms with Gasteiger partial charge in [0.1, 0.15) is 0 Å². The summed E-state index contributed by atoms with van der Waals surface area (Å²) in [6.07, 6.45) is 3.10. The van der Waals surface area contributed by atoms with Gasteiger partial charge in [-0.05, 0) is 24.3 Å². The highest BCUT2D eigenvalue weighted by atomic mass is 32.2. The van der Waals surface area contributed by atoms with Crippen molar-refractivity contribution in [2.45, 2.75) is 4.90 Å². The first-order chi connectivity index (χ1) is 11.0. The van der Waals surface area contributed by atoms with Crippen molar-refractivity contribution in [2.24, 2.45) is 0 Å². The lowest BCUT2D eigenvalue weighted by Crippen LogP contribution is -2.13. The number of rotatable bonds is 4. The summed E-state index contributed by atoms with van der Waals surface area (Å²) in [6.45, 7) is 0. The van der Waals surface area contributed by atoms with Crippen molar-refractivity contribution in [3.63, 3.8) is 0 Å². The lowest BCUT2D eigenvalue weighted by molar-refractivity contribution is -0.384. The molecular weight excluding hydrogens is 318 g/mol. The van der Waals surface area contributed by atoms with Gasteiger partial charge in [0.15, 0.2) is 0 Å². The second-order valence-corrected chi connectivity index (χ2v) is 6.41. The molecule has 0 atom stereocenters. The van der Waals surface area contributed by atoms with Gasteiger partial charge in [-0.3, -0.25) is 19.8 Å². The molecule has 23 heavy (non-hydrogen) atoms. The minimum Gasteiger partial charge on any atom is -0.280 e. The zero-order valence-electron chi connectivity index (χ0n) is 11.7. The van der Waals surface area contributed by atoms with Crippen molar-refractivity contribution in [3.8, 4) is 0 Å². The second-order valence-electron chi connectivity index (χ2n) is 4.76. The van der Waals surface area contributed by atoms with Crippen LogP contribution in [-0.2, 0) is 10.0 Å². The molecule has 0 aliphatic heterocycles. The number of nitrogens with one attached hydrogen (secondary N) is 1. The predicted octanol–water partition coefficient (Wildman–Crippen LogP) is 2.94. The summed E-state index contributed by atoms with van der Waals surface area (Å²) < 4.78 is 27.6. The van der Waals surface area contributed by atoms with Crippen LogP contribution in [0.5, 0.6) is 0 Å². The van der Waals surface area contributed by atoms with E-state index in [4.69, 9.17) is 0 Å². The van der Waals surface area contributed by atoms with E-state index in [1.807, 2.05) is 0 Å². The summed E-state index contributed by atoms with van der Waals surface area (Å²) in [4.78, 5) is 14.2. The van der Waals surface area contributed by atoms with E-state index in [9.17, 15) is 18.5 Å². The Hall–Kier alpha value is -3.00. The SMILES string of the molecule is O=[N+]([O-])c1ccc(NS(=O)(=O)c2cccc3cnccc23)cc1. The zero-order valence-corrected chi connectivity index (χ0v) is 12.5. The van der Waals surface area contributed by atoms with Gasteiger partial charge in [0.25, 0.3) is 15.7 Å². The van der Waals surface area contributed by atoms with Gasteiger partial charge in [0.05, 0.1) is 9.82 Å². The van der Waals surface area contributed by atoms with Crippen LogP contribution < -0.4 is 4.72 Å². The predicted molar refractivity (Wildman–Crippen MR) is 85.6 cm³/mol. The first-order valence-electron chi connectivity index (χ1n) is 6.57. The number of non-ortho nitro benzene ring substituents is 1. The van der Waals surface area contributed by atoms with Crippen molar-refractivity contribution in [2.75, 3.05) is 4.72 Å². The molecule has 0 radical (unpaired) electrons. The number of hydrogen-bond donors (Lipinski definition) is 1. The van der Waals surface area contributed by atoms with E-state index in [1.54, 1.807) is 24.4 Å². The van der Waals surface area contributed by atoms with Crippen molar-refractivity contribution in [3.05, 3.63) is 71.0 Å². The molecule has 0 saturated heterocycles. The number of pyridine rings is 1. The maximum Gasteiger partial charge on any atom is 0.269 e. The molecule has 1 heterocycles. The molecule has 0 fully saturated rings. The third-order valence-electron chi connectivity index (χ3n) is 3.26. The standard InChI is InChI=1S/C15H11N3O4S/c19-18(20)13-6-4-12(5-7-13)17-23(21,22)15-3-1-2-11-10-16-9-8-14(11)15/h1-10,17H. The summed E-state index contributed by atoms with van der Waals surface area (Å²) in [5, 5.41) is 11.9. The minimum absolute atomic E-state index is 0.107. The van der Waals surface area contributed by atoms with Gasteiger partial charge < -0.3 is 0 Å². The van der Waals surface area contributed by atoms with Crippen LogP contribution in [0.2, 0.25) is 0 Å². The minimum atomic E-state index is -3.82. The molecule has 116 valence electrons. The third-order valence-corrected chi connectivity index (χ3v) is 4.70. The van der Waals surface area contributed by atoms with Crippen LogP contribution in [0.4, 0.5) is 11.4 Å². The van der Waals surface area contributed by atoms with E-state index in [-0.39, 0.29) is 16.3 Å². The van der Waals surface area contributed by atoms with Gasteiger partial charge in [-0.1, -0.05) is 12.1 Å². The van der Waals surface area contributed by atoms with Gasteiger partial charge >= 0.3 is 0 Å². The Bertz CT molecular complexity index is 980. The Morgan fingerprint density at radius 1 is 1.04 bits per heavy atom. The molecule has 0 aliphatic rings. The number of nitro groups is 1. The van der Waals surface area contributed by atoms with Crippen LogP contribution in [0.3, 0.4) is 0 Å². The van der Waals surface area contributed by atoms with Crippen molar-refractivity contribution in [1.29, 1.82) is 0 Å². The molecule has 0 bridgehead atoms. The van der Waals surface area contributed by atoms with Gasteiger partial charge in [-0.2, -0.15) is 0 Å². The number of fused-ring (bicyclic) bond motifs is 1. The average molecular weight is 329 g/mol. The van der Waals surface area contributed by atoms with Crippen molar-refractivity contribution >= 4 is 32.2 Å². The number of hydrogen-bond acceptors (Lipinski definition) is 5. The molecule has 1 N–H and O–H groups in total. The number of anilines is 1. The Morgan fingerprint density at radius 2 is 1.78 bits per heavy atom. The molecule has 1 aromatic heterocycles. The average Bonchev–Trinajstić information content (AvgIpc) is 2.54. The van der Waals surface area contributed by atoms with E-state index >= 15 is 0 Å². The Kier molecular flexibility index (Phi) is 3.67. The highest BCUT2D eigenvalue weighted by Gasteiger charge is 2.17. The van der Waals surface area contributed by atoms with Crippen LogP contribution in [0.15, 0.2) is 65.8 Å². The zero-order chi connectivity index (χ0) is 16.4. The fourth-order valence-electron chi connectivity index (χ4n) is 2.19. The summed E-state index contributed by atoms with van der Waals surface area (Å²) >= 11 is 0. The molecule has 8 heteroatoms. The van der Waals surface area contributed by atoms with Crippen LogP contribution >= 0.6 is 0 Å². The van der Waals surface area contributed by atoms with Crippen molar-refractivity contribution in [1.82, 2.24) is 4.98 Å². The highest BCUT2D eigenvalue weighted by molar-refractivity contribution is 7.93. The van der Waals surface area contributed by atoms with Gasteiger partial charge in [-0.15, -0.1) is 0 Å². The molecule has 7 nitrogen and oxygen atoms in total. The summed E-state index contributed by atoms with van der Waals surface area (Å²) in [5.74, 6) is 0. The normalized spacial score (nSPS) is 11.3. The van der Waals surface area contributed by atoms with Crippen LogP contribution in [0.25, 0.3) is 10.8 Å². The quantitative estimate of drug-likeness (QED) is 0.585. The molecule has 0 saturated carbocycles. The van der Waals surface area contributed by atoms with Crippen molar-refractivity contribution < 1.29 is 13.3 Å². The number of benzene rings is 2. The van der Waals surface area contributed by atoms with E-state index in [1.165, 1.54) is 36.5 Å². The van der Waals surface area contributed by atoms with Gasteiger partial charge in [0.2, 0.25) is 0 Å². The van der Waals surface area contributed by atoms with E-state index < -0.39 is 14.9 Å². The van der Waals surface area contributed by atoms with Crippen LogP contribution in [-0.4, -0.2) is 18.3 Å². The number of aromatic nitrogens is 1. The van der Waals surface area contributed by atoms with Gasteiger partial charge in [-0.25, -0.2) is 8.42 Å². The molecule has 0 aliphatic carbocycles. The Labute approximate surface area is 131 Å². The first-order valence-corrected chi connectivity index (χ1v) is 8.06. The molecule has 0 spiro atoms.